The molecule has 0 saturated heterocycles. The summed E-state index contributed by atoms with van der Waals surface area (Å²) < 4.78 is 69.4. The molecule has 0 N–H and O–H groups in total. The van der Waals surface area contributed by atoms with E-state index in [1.54, 1.807) is 0 Å². The molecule has 21 heavy (non-hydrogen) atoms. The van der Waals surface area contributed by atoms with Gasteiger partial charge in [-0.15, -0.1) is 11.6 Å². The van der Waals surface area contributed by atoms with Crippen molar-refractivity contribution in [2.24, 2.45) is 0 Å². The molecule has 0 saturated carbocycles. The molecule has 1 aliphatic rings. The lowest BCUT2D eigenvalue weighted by Crippen LogP contribution is -2.43. The Kier molecular flexibility index (Phi) is 4.44. The van der Waals surface area contributed by atoms with Crippen LogP contribution in [0.15, 0.2) is 18.2 Å². The van der Waals surface area contributed by atoms with E-state index in [-0.39, 0.29) is 17.1 Å². The highest BCUT2D eigenvalue weighted by molar-refractivity contribution is 7.56. The van der Waals surface area contributed by atoms with E-state index in [0.29, 0.717) is 0 Å². The number of benzene rings is 1. The predicted molar refractivity (Wildman–Crippen MR) is 67.8 cm³/mol. The molecule has 5 nitrogen and oxygen atoms in total. The van der Waals surface area contributed by atoms with Crippen molar-refractivity contribution in [3.8, 4) is 11.5 Å². The zero-order valence-corrected chi connectivity index (χ0v) is 12.5. The average molecular weight is 347 g/mol. The van der Waals surface area contributed by atoms with E-state index in [2.05, 4.69) is 9.47 Å². The molecule has 0 amide bonds. The summed E-state index contributed by atoms with van der Waals surface area (Å²) in [6.45, 7) is 0. The van der Waals surface area contributed by atoms with Crippen molar-refractivity contribution in [1.29, 1.82) is 0 Å². The van der Waals surface area contributed by atoms with Gasteiger partial charge >= 0.3 is 20.1 Å². The van der Waals surface area contributed by atoms with Crippen LogP contribution in [-0.2, 0) is 13.6 Å². The first-order valence-electron chi connectivity index (χ1n) is 5.60. The van der Waals surface area contributed by atoms with E-state index < -0.39 is 25.2 Å². The summed E-state index contributed by atoms with van der Waals surface area (Å²) in [5, 5.41) is -1.22. The summed E-state index contributed by atoms with van der Waals surface area (Å²) >= 11 is 6.00. The van der Waals surface area contributed by atoms with Crippen LogP contribution in [0.3, 0.4) is 0 Å². The fourth-order valence-electron chi connectivity index (χ4n) is 1.66. The highest BCUT2D eigenvalue weighted by Crippen LogP contribution is 2.62. The van der Waals surface area contributed by atoms with Crippen molar-refractivity contribution in [2.45, 2.75) is 17.6 Å². The van der Waals surface area contributed by atoms with E-state index >= 15 is 0 Å². The molecule has 0 radical (unpaired) electrons. The summed E-state index contributed by atoms with van der Waals surface area (Å²) in [4.78, 5) is 0. The monoisotopic (exact) mass is 346 g/mol. The second-order valence-corrected chi connectivity index (χ2v) is 7.11. The lowest BCUT2D eigenvalue weighted by atomic mass is 10.2. The van der Waals surface area contributed by atoms with E-state index in [9.17, 15) is 17.7 Å². The highest BCUT2D eigenvalue weighted by Gasteiger charge is 2.49. The molecule has 1 aliphatic heterocycles. The standard InChI is InChI=1S/C11H11ClF3O5P/c1-17-21(16,18-2)9(12)6-3-4-7-8(5-6)19-10(13)11(14,15)20-7/h3-5,9-10H,1-2H3. The van der Waals surface area contributed by atoms with Gasteiger partial charge < -0.3 is 18.5 Å². The summed E-state index contributed by atoms with van der Waals surface area (Å²) in [5.74, 6) is -0.637. The second-order valence-electron chi connectivity index (χ2n) is 4.04. The van der Waals surface area contributed by atoms with E-state index in [1.807, 2.05) is 0 Å². The molecule has 0 bridgehead atoms. The van der Waals surface area contributed by atoms with Crippen molar-refractivity contribution >= 4 is 19.2 Å². The fraction of sp³-hybridized carbons (Fsp3) is 0.455. The van der Waals surface area contributed by atoms with Gasteiger partial charge in [0.1, 0.15) is 0 Å². The Morgan fingerprint density at radius 3 is 2.52 bits per heavy atom. The Labute approximate surface area is 123 Å². The minimum Gasteiger partial charge on any atom is -0.447 e. The molecule has 1 heterocycles. The van der Waals surface area contributed by atoms with Crippen LogP contribution in [0, 0.1) is 0 Å². The van der Waals surface area contributed by atoms with Crippen LogP contribution in [0.5, 0.6) is 11.5 Å². The number of hydrogen-bond donors (Lipinski definition) is 0. The number of alkyl halides is 4. The lowest BCUT2D eigenvalue weighted by Gasteiger charge is -2.29. The normalized spacial score (nSPS) is 21.9. The van der Waals surface area contributed by atoms with Crippen molar-refractivity contribution in [1.82, 2.24) is 0 Å². The quantitative estimate of drug-likeness (QED) is 0.607. The van der Waals surface area contributed by atoms with Gasteiger partial charge in [0.25, 0.3) is 0 Å². The van der Waals surface area contributed by atoms with Gasteiger partial charge in [-0.25, -0.2) is 0 Å². The summed E-state index contributed by atoms with van der Waals surface area (Å²) in [5.41, 5.74) is 0.184. The molecular weight excluding hydrogens is 336 g/mol. The SMILES string of the molecule is COP(=O)(OC)C(Cl)c1ccc2c(c1)OC(F)C(F)(F)O2. The Morgan fingerprint density at radius 1 is 1.33 bits per heavy atom. The number of hydrogen-bond acceptors (Lipinski definition) is 5. The van der Waals surface area contributed by atoms with Crippen LogP contribution in [0.25, 0.3) is 0 Å². The molecule has 1 aromatic rings. The van der Waals surface area contributed by atoms with E-state index in [1.165, 1.54) is 6.07 Å². The topological polar surface area (TPSA) is 54.0 Å². The van der Waals surface area contributed by atoms with Gasteiger partial charge in [-0.2, -0.15) is 13.2 Å². The van der Waals surface area contributed by atoms with Crippen molar-refractivity contribution in [3.05, 3.63) is 23.8 Å². The first-order chi connectivity index (χ1) is 9.73. The molecule has 2 atom stereocenters. The number of halogens is 4. The van der Waals surface area contributed by atoms with Crippen LogP contribution < -0.4 is 9.47 Å². The molecule has 0 spiro atoms. The number of ether oxygens (including phenoxy) is 2. The average Bonchev–Trinajstić information content (AvgIpc) is 2.46. The zero-order valence-electron chi connectivity index (χ0n) is 10.9. The zero-order chi connectivity index (χ0) is 15.8. The van der Waals surface area contributed by atoms with Crippen LogP contribution in [0.4, 0.5) is 13.2 Å². The third kappa shape index (κ3) is 2.99. The molecule has 1 aromatic carbocycles. The minimum absolute atomic E-state index is 0.184. The largest absolute Gasteiger partial charge is 0.468 e. The highest BCUT2D eigenvalue weighted by atomic mass is 35.5. The summed E-state index contributed by atoms with van der Waals surface area (Å²) in [7, 11) is -1.35. The maximum absolute atomic E-state index is 13.1. The number of fused-ring (bicyclic) bond motifs is 1. The molecule has 2 rings (SSSR count). The van der Waals surface area contributed by atoms with Gasteiger partial charge in [0.15, 0.2) is 16.6 Å². The third-order valence-corrected chi connectivity index (χ3v) is 5.61. The van der Waals surface area contributed by atoms with Crippen LogP contribution in [0.2, 0.25) is 0 Å². The molecule has 2 unspecified atom stereocenters. The summed E-state index contributed by atoms with van der Waals surface area (Å²) in [6.07, 6.45) is -7.03. The maximum atomic E-state index is 13.1. The van der Waals surface area contributed by atoms with Crippen molar-refractivity contribution in [3.63, 3.8) is 0 Å². The maximum Gasteiger partial charge on any atom is 0.468 e. The van der Waals surface area contributed by atoms with Gasteiger partial charge in [-0.05, 0) is 17.7 Å². The Balaban J connectivity index is 2.35. The minimum atomic E-state index is -4.08. The van der Waals surface area contributed by atoms with Gasteiger partial charge in [-0.3, -0.25) is 4.57 Å². The summed E-state index contributed by atoms with van der Waals surface area (Å²) in [6, 6.07) is 3.52. The molecule has 0 aromatic heterocycles. The molecule has 10 heteroatoms. The Morgan fingerprint density at radius 2 is 1.95 bits per heavy atom. The first kappa shape index (κ1) is 16.4. The molecule has 0 fully saturated rings. The van der Waals surface area contributed by atoms with E-state index in [4.69, 9.17) is 20.6 Å². The van der Waals surface area contributed by atoms with Crippen molar-refractivity contribution in [2.75, 3.05) is 14.2 Å². The van der Waals surface area contributed by atoms with Crippen LogP contribution >= 0.6 is 19.2 Å². The molecular formula is C11H11ClF3O5P. The predicted octanol–water partition coefficient (Wildman–Crippen LogP) is 4.07. The van der Waals surface area contributed by atoms with Gasteiger partial charge in [-0.1, -0.05) is 6.07 Å². The lowest BCUT2D eigenvalue weighted by molar-refractivity contribution is -0.281. The smallest absolute Gasteiger partial charge is 0.447 e. The molecule has 0 aliphatic carbocycles. The fourth-order valence-corrected chi connectivity index (χ4v) is 3.32. The van der Waals surface area contributed by atoms with Crippen molar-refractivity contribution < 1.29 is 36.3 Å². The van der Waals surface area contributed by atoms with Gasteiger partial charge in [0.05, 0.1) is 0 Å². The van der Waals surface area contributed by atoms with Gasteiger partial charge in [0, 0.05) is 14.2 Å². The van der Waals surface area contributed by atoms with Crippen LogP contribution in [0.1, 0.15) is 10.7 Å². The van der Waals surface area contributed by atoms with Crippen LogP contribution in [-0.4, -0.2) is 26.7 Å². The van der Waals surface area contributed by atoms with Gasteiger partial charge in [0.2, 0.25) is 0 Å². The molecule has 118 valence electrons. The first-order valence-corrected chi connectivity index (χ1v) is 7.65. The Bertz CT molecular complexity index is 577. The van der Waals surface area contributed by atoms with E-state index in [0.717, 1.165) is 26.4 Å². The Hall–Kier alpha value is -0.950. The third-order valence-electron chi connectivity index (χ3n) is 2.77. The number of rotatable bonds is 4. The second kappa shape index (κ2) is 5.68.